The lowest BCUT2D eigenvalue weighted by Gasteiger charge is -2.34. The van der Waals surface area contributed by atoms with Gasteiger partial charge in [0, 0.05) is 49.8 Å². The molecule has 1 saturated heterocycles. The minimum absolute atomic E-state index is 0.147. The largest absolute Gasteiger partial charge is 0.444 e. The molecule has 1 N–H and O–H groups in total. The van der Waals surface area contributed by atoms with E-state index in [-0.39, 0.29) is 17.7 Å². The van der Waals surface area contributed by atoms with Gasteiger partial charge in [-0.3, -0.25) is 4.68 Å². The predicted octanol–water partition coefficient (Wildman–Crippen LogP) is 6.15. The van der Waals surface area contributed by atoms with E-state index in [0.29, 0.717) is 30.5 Å². The SMILES string of the molecule is Cn1ccc(Oc2ccc(Nc3ncnc4ccc(C5CCCN(C(=O)OC(C)(C)C)C5)cc34)c(F)c2)n1. The number of nitrogens with one attached hydrogen (secondary N) is 1. The molecule has 1 atom stereocenters. The number of carbonyl (C=O) groups is 1. The number of carbonyl (C=O) groups excluding carboxylic acids is 1. The van der Waals surface area contributed by atoms with E-state index >= 15 is 0 Å². The number of anilines is 2. The molecular weight excluding hydrogens is 487 g/mol. The molecule has 1 aliphatic rings. The first-order valence-electron chi connectivity index (χ1n) is 12.6. The standard InChI is InChI=1S/C28H31FN6O3/c1-28(2,3)38-27(36)35-12-5-6-19(16-35)18-7-9-23-21(14-18)26(31-17-30-23)32-24-10-8-20(15-22(24)29)37-25-11-13-34(4)33-25/h7-11,13-15,17,19H,5-6,12,16H2,1-4H3,(H,30,31,32). The molecule has 4 aromatic rings. The van der Waals surface area contributed by atoms with Crippen molar-refractivity contribution in [3.05, 3.63) is 66.4 Å². The van der Waals surface area contributed by atoms with Crippen molar-refractivity contribution < 1.29 is 18.7 Å². The van der Waals surface area contributed by atoms with E-state index in [1.165, 1.54) is 12.4 Å². The van der Waals surface area contributed by atoms with Crippen LogP contribution in [0.2, 0.25) is 0 Å². The minimum Gasteiger partial charge on any atom is -0.444 e. The van der Waals surface area contributed by atoms with Crippen molar-refractivity contribution in [3.8, 4) is 11.6 Å². The smallest absolute Gasteiger partial charge is 0.410 e. The van der Waals surface area contributed by atoms with Gasteiger partial charge in [-0.1, -0.05) is 6.07 Å². The summed E-state index contributed by atoms with van der Waals surface area (Å²) >= 11 is 0. The molecule has 10 heteroatoms. The zero-order valence-corrected chi connectivity index (χ0v) is 21.9. The summed E-state index contributed by atoms with van der Waals surface area (Å²) in [5.41, 5.74) is 1.53. The van der Waals surface area contributed by atoms with Crippen molar-refractivity contribution in [1.29, 1.82) is 0 Å². The third kappa shape index (κ3) is 5.85. The Morgan fingerprint density at radius 1 is 1.13 bits per heavy atom. The normalized spacial score (nSPS) is 15.9. The molecule has 2 aromatic heterocycles. The Morgan fingerprint density at radius 3 is 2.71 bits per heavy atom. The number of fused-ring (bicyclic) bond motifs is 1. The third-order valence-corrected chi connectivity index (χ3v) is 6.31. The molecule has 1 fully saturated rings. The number of aryl methyl sites for hydroxylation is 1. The summed E-state index contributed by atoms with van der Waals surface area (Å²) in [5.74, 6) is 0.882. The Balaban J connectivity index is 1.36. The summed E-state index contributed by atoms with van der Waals surface area (Å²) in [4.78, 5) is 23.2. The molecule has 1 amide bonds. The van der Waals surface area contributed by atoms with Crippen LogP contribution in [0.15, 0.2) is 55.0 Å². The van der Waals surface area contributed by atoms with Gasteiger partial charge in [-0.25, -0.2) is 19.2 Å². The van der Waals surface area contributed by atoms with Gasteiger partial charge in [-0.05, 0) is 63.4 Å². The second kappa shape index (κ2) is 10.3. The summed E-state index contributed by atoms with van der Waals surface area (Å²) in [5, 5.41) is 8.03. The molecule has 1 unspecified atom stereocenters. The van der Waals surface area contributed by atoms with Gasteiger partial charge in [0.15, 0.2) is 0 Å². The summed E-state index contributed by atoms with van der Waals surface area (Å²) in [6.07, 6.45) is 4.74. The van der Waals surface area contributed by atoms with Crippen LogP contribution in [0, 0.1) is 5.82 Å². The quantitative estimate of drug-likeness (QED) is 0.338. The lowest BCUT2D eigenvalue weighted by molar-refractivity contribution is 0.0198. The van der Waals surface area contributed by atoms with Crippen molar-refractivity contribution in [2.45, 2.75) is 45.1 Å². The zero-order valence-electron chi connectivity index (χ0n) is 21.9. The number of benzene rings is 2. The highest BCUT2D eigenvalue weighted by molar-refractivity contribution is 5.91. The summed E-state index contributed by atoms with van der Waals surface area (Å²) in [6.45, 7) is 6.85. The predicted molar refractivity (Wildman–Crippen MR) is 142 cm³/mol. The number of hydrogen-bond acceptors (Lipinski definition) is 7. The van der Waals surface area contributed by atoms with Crippen molar-refractivity contribution in [1.82, 2.24) is 24.6 Å². The van der Waals surface area contributed by atoms with E-state index in [1.54, 1.807) is 41.0 Å². The highest BCUT2D eigenvalue weighted by atomic mass is 19.1. The number of nitrogens with zero attached hydrogens (tertiary/aromatic N) is 5. The Kier molecular flexibility index (Phi) is 6.88. The van der Waals surface area contributed by atoms with Crippen LogP contribution in [0.3, 0.4) is 0 Å². The number of aromatic nitrogens is 4. The average Bonchev–Trinajstić information content (AvgIpc) is 3.29. The van der Waals surface area contributed by atoms with E-state index < -0.39 is 11.4 Å². The van der Waals surface area contributed by atoms with Gasteiger partial charge in [-0.2, -0.15) is 0 Å². The van der Waals surface area contributed by atoms with Crippen molar-refractivity contribution in [2.75, 3.05) is 18.4 Å². The Bertz CT molecular complexity index is 1460. The number of hydrogen-bond donors (Lipinski definition) is 1. The van der Waals surface area contributed by atoms with Crippen molar-refractivity contribution in [2.24, 2.45) is 7.05 Å². The topological polar surface area (TPSA) is 94.4 Å². The number of amides is 1. The molecule has 0 bridgehead atoms. The maximum atomic E-state index is 15.0. The molecule has 5 rings (SSSR count). The molecule has 0 saturated carbocycles. The van der Waals surface area contributed by atoms with Crippen molar-refractivity contribution >= 4 is 28.5 Å². The van der Waals surface area contributed by atoms with E-state index in [1.807, 2.05) is 39.0 Å². The summed E-state index contributed by atoms with van der Waals surface area (Å²) < 4.78 is 27.8. The number of halogens is 1. The van der Waals surface area contributed by atoms with Crippen LogP contribution in [0.5, 0.6) is 11.6 Å². The van der Waals surface area contributed by atoms with Crippen LogP contribution in [-0.2, 0) is 11.8 Å². The van der Waals surface area contributed by atoms with Gasteiger partial charge in [0.25, 0.3) is 0 Å². The van der Waals surface area contributed by atoms with E-state index in [2.05, 4.69) is 20.4 Å². The maximum absolute atomic E-state index is 15.0. The van der Waals surface area contributed by atoms with Crippen LogP contribution >= 0.6 is 0 Å². The van der Waals surface area contributed by atoms with Gasteiger partial charge >= 0.3 is 6.09 Å². The first-order chi connectivity index (χ1) is 18.1. The van der Waals surface area contributed by atoms with Gasteiger partial charge < -0.3 is 19.7 Å². The van der Waals surface area contributed by atoms with Crippen molar-refractivity contribution in [3.63, 3.8) is 0 Å². The molecular formula is C28H31FN6O3. The van der Waals surface area contributed by atoms with Crippen LogP contribution in [0.25, 0.3) is 10.9 Å². The summed E-state index contributed by atoms with van der Waals surface area (Å²) in [7, 11) is 1.78. The Labute approximate surface area is 220 Å². The number of piperidine rings is 1. The van der Waals surface area contributed by atoms with Crippen LogP contribution in [0.1, 0.15) is 45.1 Å². The first kappa shape index (κ1) is 25.4. The molecule has 0 aliphatic carbocycles. The molecule has 2 aromatic carbocycles. The van der Waals surface area contributed by atoms with Crippen LogP contribution in [0.4, 0.5) is 20.7 Å². The fourth-order valence-corrected chi connectivity index (χ4v) is 4.53. The fourth-order valence-electron chi connectivity index (χ4n) is 4.53. The number of ether oxygens (including phenoxy) is 2. The van der Waals surface area contributed by atoms with Gasteiger partial charge in [0.2, 0.25) is 5.88 Å². The molecule has 0 spiro atoms. The summed E-state index contributed by atoms with van der Waals surface area (Å²) in [6, 6.07) is 12.3. The monoisotopic (exact) mass is 518 g/mol. The minimum atomic E-state index is -0.539. The molecule has 3 heterocycles. The fraction of sp³-hybridized carbons (Fsp3) is 0.357. The Hall–Kier alpha value is -4.21. The zero-order chi connectivity index (χ0) is 26.9. The average molecular weight is 519 g/mol. The first-order valence-corrected chi connectivity index (χ1v) is 12.6. The lowest BCUT2D eigenvalue weighted by atomic mass is 9.90. The molecule has 38 heavy (non-hydrogen) atoms. The maximum Gasteiger partial charge on any atom is 0.410 e. The van der Waals surface area contributed by atoms with Gasteiger partial charge in [0.05, 0.1) is 11.2 Å². The molecule has 198 valence electrons. The van der Waals surface area contributed by atoms with Crippen LogP contribution < -0.4 is 10.1 Å². The van der Waals surface area contributed by atoms with E-state index in [4.69, 9.17) is 9.47 Å². The highest BCUT2D eigenvalue weighted by Crippen LogP contribution is 2.33. The van der Waals surface area contributed by atoms with E-state index in [9.17, 15) is 9.18 Å². The second-order valence-electron chi connectivity index (χ2n) is 10.5. The van der Waals surface area contributed by atoms with Gasteiger partial charge in [-0.15, -0.1) is 5.10 Å². The Morgan fingerprint density at radius 2 is 1.97 bits per heavy atom. The number of rotatable bonds is 5. The second-order valence-corrected chi connectivity index (χ2v) is 10.5. The lowest BCUT2D eigenvalue weighted by Crippen LogP contribution is -2.42. The molecule has 1 aliphatic heterocycles. The molecule has 9 nitrogen and oxygen atoms in total. The highest BCUT2D eigenvalue weighted by Gasteiger charge is 2.28. The third-order valence-electron chi connectivity index (χ3n) is 6.31. The number of likely N-dealkylation sites (tertiary alicyclic amines) is 1. The van der Waals surface area contributed by atoms with E-state index in [0.717, 1.165) is 29.3 Å². The molecule has 0 radical (unpaired) electrons. The van der Waals surface area contributed by atoms with Crippen LogP contribution in [-0.4, -0.2) is 49.4 Å². The van der Waals surface area contributed by atoms with Gasteiger partial charge in [0.1, 0.15) is 29.3 Å².